The van der Waals surface area contributed by atoms with Crippen molar-refractivity contribution in [1.82, 2.24) is 24.6 Å². The first-order chi connectivity index (χ1) is 10.8. The smallest absolute Gasteiger partial charge is 0.225 e. The van der Waals surface area contributed by atoms with E-state index in [0.29, 0.717) is 32.7 Å². The molecule has 3 rings (SSSR count). The van der Waals surface area contributed by atoms with Gasteiger partial charge in [0.25, 0.3) is 0 Å². The molecule has 1 fully saturated rings. The molecule has 3 heterocycles. The van der Waals surface area contributed by atoms with E-state index in [1.165, 1.54) is 0 Å². The first kappa shape index (κ1) is 14.8. The van der Waals surface area contributed by atoms with Gasteiger partial charge in [-0.2, -0.15) is 5.10 Å². The number of H-pyrrole nitrogens is 1. The van der Waals surface area contributed by atoms with Crippen molar-refractivity contribution in [2.75, 3.05) is 19.8 Å². The number of aromatic nitrogens is 4. The van der Waals surface area contributed by atoms with Crippen molar-refractivity contribution < 1.29 is 9.53 Å². The minimum Gasteiger partial charge on any atom is -0.377 e. The van der Waals surface area contributed by atoms with Gasteiger partial charge in [-0.3, -0.25) is 9.89 Å². The maximum Gasteiger partial charge on any atom is 0.225 e. The molecule has 0 radical (unpaired) electrons. The van der Waals surface area contributed by atoms with Gasteiger partial charge in [-0.05, 0) is 6.07 Å². The molecule has 1 amide bonds. The second-order valence-electron chi connectivity index (χ2n) is 5.33. The molecule has 1 aliphatic heterocycles. The van der Waals surface area contributed by atoms with Crippen LogP contribution in [0.4, 0.5) is 0 Å². The van der Waals surface area contributed by atoms with Crippen molar-refractivity contribution in [3.63, 3.8) is 0 Å². The monoisotopic (exact) mass is 303 g/mol. The van der Waals surface area contributed by atoms with Gasteiger partial charge in [0.05, 0.1) is 24.9 Å². The van der Waals surface area contributed by atoms with E-state index in [2.05, 4.69) is 22.1 Å². The molecule has 7 heteroatoms. The first-order valence-electron chi connectivity index (χ1n) is 7.66. The van der Waals surface area contributed by atoms with Gasteiger partial charge in [0.15, 0.2) is 0 Å². The Bertz CT molecular complexity index is 607. The zero-order chi connectivity index (χ0) is 15.4. The van der Waals surface area contributed by atoms with E-state index in [9.17, 15) is 4.79 Å². The lowest BCUT2D eigenvalue weighted by Crippen LogP contribution is -2.43. The van der Waals surface area contributed by atoms with Crippen LogP contribution in [-0.2, 0) is 22.5 Å². The second kappa shape index (κ2) is 6.74. The van der Waals surface area contributed by atoms with Crippen LogP contribution in [0.3, 0.4) is 0 Å². The molecular formula is C15H21N5O2. The van der Waals surface area contributed by atoms with E-state index in [0.717, 1.165) is 17.9 Å². The Morgan fingerprint density at radius 3 is 3.18 bits per heavy atom. The number of aromatic amines is 1. The predicted octanol–water partition coefficient (Wildman–Crippen LogP) is 1.16. The number of nitrogens with zero attached hydrogens (tertiary/aromatic N) is 4. The van der Waals surface area contributed by atoms with Crippen molar-refractivity contribution in [3.8, 4) is 0 Å². The molecule has 0 unspecified atom stereocenters. The number of carbonyl (C=O) groups is 1. The molecule has 22 heavy (non-hydrogen) atoms. The zero-order valence-corrected chi connectivity index (χ0v) is 12.7. The number of carbonyl (C=O) groups excluding carboxylic acids is 1. The lowest BCUT2D eigenvalue weighted by molar-refractivity contribution is -0.140. The quantitative estimate of drug-likeness (QED) is 0.899. The fourth-order valence-electron chi connectivity index (χ4n) is 2.83. The molecule has 2 aromatic rings. The lowest BCUT2D eigenvalue weighted by atomic mass is 10.1. The molecule has 0 aromatic carbocycles. The summed E-state index contributed by atoms with van der Waals surface area (Å²) < 4.78 is 7.56. The van der Waals surface area contributed by atoms with Gasteiger partial charge in [0.2, 0.25) is 5.91 Å². The Kier molecular flexibility index (Phi) is 4.53. The van der Waals surface area contributed by atoms with Gasteiger partial charge in [0.1, 0.15) is 5.82 Å². The highest BCUT2D eigenvalue weighted by Crippen LogP contribution is 2.23. The fourth-order valence-corrected chi connectivity index (χ4v) is 2.83. The fraction of sp³-hybridized carbons (Fsp3) is 0.533. The number of nitrogens with one attached hydrogen (secondary N) is 1. The summed E-state index contributed by atoms with van der Waals surface area (Å²) in [5.74, 6) is 1.15. The van der Waals surface area contributed by atoms with Gasteiger partial charge < -0.3 is 14.2 Å². The minimum atomic E-state index is -0.0721. The molecular weight excluding hydrogens is 282 g/mol. The standard InChI is InChI=1S/C15H21N5O2/c1-2-14-16-6-8-19(14)7-4-15(21)20-9-10-22-11-13(20)12-3-5-17-18-12/h3,5-6,8,13H,2,4,7,9-11H2,1H3,(H,17,18)/t13-/m0/s1. The summed E-state index contributed by atoms with van der Waals surface area (Å²) in [4.78, 5) is 18.8. The van der Waals surface area contributed by atoms with Gasteiger partial charge in [-0.25, -0.2) is 4.98 Å². The van der Waals surface area contributed by atoms with Gasteiger partial charge in [0, 0.05) is 44.5 Å². The van der Waals surface area contributed by atoms with Crippen molar-refractivity contribution in [1.29, 1.82) is 0 Å². The van der Waals surface area contributed by atoms with Crippen LogP contribution in [0.5, 0.6) is 0 Å². The Morgan fingerprint density at radius 2 is 2.41 bits per heavy atom. The molecule has 1 N–H and O–H groups in total. The van der Waals surface area contributed by atoms with Crippen molar-refractivity contribution in [3.05, 3.63) is 36.2 Å². The number of hydrogen-bond acceptors (Lipinski definition) is 4. The minimum absolute atomic E-state index is 0.0721. The highest BCUT2D eigenvalue weighted by Gasteiger charge is 2.29. The number of hydrogen-bond donors (Lipinski definition) is 1. The van der Waals surface area contributed by atoms with E-state index in [-0.39, 0.29) is 11.9 Å². The predicted molar refractivity (Wildman–Crippen MR) is 80.1 cm³/mol. The van der Waals surface area contributed by atoms with E-state index < -0.39 is 0 Å². The molecule has 1 aliphatic rings. The highest BCUT2D eigenvalue weighted by atomic mass is 16.5. The molecule has 0 spiro atoms. The lowest BCUT2D eigenvalue weighted by Gasteiger charge is -2.35. The topological polar surface area (TPSA) is 76.0 Å². The Balaban J connectivity index is 1.65. The number of morpholine rings is 1. The number of amides is 1. The van der Waals surface area contributed by atoms with Crippen LogP contribution in [0.15, 0.2) is 24.7 Å². The Hall–Kier alpha value is -2.15. The summed E-state index contributed by atoms with van der Waals surface area (Å²) in [5, 5.41) is 6.91. The maximum atomic E-state index is 12.6. The summed E-state index contributed by atoms with van der Waals surface area (Å²) in [6.07, 6.45) is 6.75. The molecule has 1 atom stereocenters. The number of ether oxygens (including phenoxy) is 1. The van der Waals surface area contributed by atoms with Gasteiger partial charge >= 0.3 is 0 Å². The average Bonchev–Trinajstić information content (AvgIpc) is 3.23. The number of rotatable bonds is 5. The molecule has 0 saturated carbocycles. The Labute approximate surface area is 129 Å². The van der Waals surface area contributed by atoms with Gasteiger partial charge in [-0.1, -0.05) is 6.92 Å². The second-order valence-corrected chi connectivity index (χ2v) is 5.33. The number of aryl methyl sites for hydroxylation is 2. The van der Waals surface area contributed by atoms with Crippen LogP contribution in [0.1, 0.15) is 30.9 Å². The Morgan fingerprint density at radius 1 is 1.50 bits per heavy atom. The molecule has 2 aromatic heterocycles. The van der Waals surface area contributed by atoms with Crippen molar-refractivity contribution >= 4 is 5.91 Å². The molecule has 0 bridgehead atoms. The molecule has 7 nitrogen and oxygen atoms in total. The molecule has 1 saturated heterocycles. The van der Waals surface area contributed by atoms with Crippen molar-refractivity contribution in [2.24, 2.45) is 0 Å². The SMILES string of the molecule is CCc1nccn1CCC(=O)N1CCOC[C@H]1c1ccn[nH]1. The van der Waals surface area contributed by atoms with Crippen LogP contribution in [0.25, 0.3) is 0 Å². The van der Waals surface area contributed by atoms with Crippen LogP contribution in [0, 0.1) is 0 Å². The highest BCUT2D eigenvalue weighted by molar-refractivity contribution is 5.76. The van der Waals surface area contributed by atoms with E-state index in [1.807, 2.05) is 21.7 Å². The molecule has 118 valence electrons. The van der Waals surface area contributed by atoms with Crippen LogP contribution >= 0.6 is 0 Å². The van der Waals surface area contributed by atoms with E-state index >= 15 is 0 Å². The zero-order valence-electron chi connectivity index (χ0n) is 12.7. The normalized spacial score (nSPS) is 18.6. The maximum absolute atomic E-state index is 12.6. The summed E-state index contributed by atoms with van der Waals surface area (Å²) in [7, 11) is 0. The van der Waals surface area contributed by atoms with Gasteiger partial charge in [-0.15, -0.1) is 0 Å². The van der Waals surface area contributed by atoms with E-state index in [1.54, 1.807) is 12.4 Å². The van der Waals surface area contributed by atoms with E-state index in [4.69, 9.17) is 4.74 Å². The summed E-state index contributed by atoms with van der Waals surface area (Å²) in [5.41, 5.74) is 0.921. The van der Waals surface area contributed by atoms with Crippen molar-refractivity contribution in [2.45, 2.75) is 32.4 Å². The third kappa shape index (κ3) is 3.04. The summed E-state index contributed by atoms with van der Waals surface area (Å²) >= 11 is 0. The molecule has 0 aliphatic carbocycles. The summed E-state index contributed by atoms with van der Waals surface area (Å²) in [6.45, 7) is 4.44. The summed E-state index contributed by atoms with van der Waals surface area (Å²) in [6, 6.07) is 1.82. The average molecular weight is 303 g/mol. The first-order valence-corrected chi connectivity index (χ1v) is 7.66. The third-order valence-electron chi connectivity index (χ3n) is 4.01. The van der Waals surface area contributed by atoms with Crippen LogP contribution < -0.4 is 0 Å². The number of imidazole rings is 1. The van der Waals surface area contributed by atoms with Crippen LogP contribution in [-0.4, -0.2) is 50.3 Å². The third-order valence-corrected chi connectivity index (χ3v) is 4.01. The van der Waals surface area contributed by atoms with Crippen LogP contribution in [0.2, 0.25) is 0 Å². The largest absolute Gasteiger partial charge is 0.377 e.